The lowest BCUT2D eigenvalue weighted by atomic mass is 10.1. The van der Waals surface area contributed by atoms with Gasteiger partial charge in [-0.1, -0.05) is 11.6 Å². The summed E-state index contributed by atoms with van der Waals surface area (Å²) in [5, 5.41) is 0.528. The van der Waals surface area contributed by atoms with Crippen LogP contribution in [0.1, 0.15) is 5.69 Å². The Labute approximate surface area is 87.6 Å². The molecule has 2 nitrogen and oxygen atoms in total. The molecule has 70 valence electrons. The molecule has 0 unspecified atom stereocenters. The maximum absolute atomic E-state index is 5.78. The van der Waals surface area contributed by atoms with Crippen molar-refractivity contribution in [3.05, 3.63) is 47.5 Å². The number of nitrogens with zero attached hydrogens (tertiary/aromatic N) is 2. The van der Waals surface area contributed by atoms with E-state index in [2.05, 4.69) is 9.97 Å². The van der Waals surface area contributed by atoms with Gasteiger partial charge in [0, 0.05) is 23.7 Å². The lowest BCUT2D eigenvalue weighted by Crippen LogP contribution is -1.87. The average Bonchev–Trinajstić information content (AvgIpc) is 2.19. The predicted octanol–water partition coefficient (Wildman–Crippen LogP) is 3.11. The molecule has 0 amide bonds. The fraction of sp³-hybridized carbons (Fsp3) is 0.0909. The monoisotopic (exact) mass is 204 g/mol. The molecule has 0 saturated heterocycles. The molecule has 0 N–H and O–H groups in total. The van der Waals surface area contributed by atoms with Crippen LogP contribution in [0.3, 0.4) is 0 Å². The van der Waals surface area contributed by atoms with E-state index in [0.717, 1.165) is 16.8 Å². The zero-order chi connectivity index (χ0) is 9.97. The van der Waals surface area contributed by atoms with Crippen molar-refractivity contribution in [2.45, 2.75) is 6.92 Å². The summed E-state index contributed by atoms with van der Waals surface area (Å²) in [5.74, 6) is 0. The predicted molar refractivity (Wildman–Crippen MR) is 57.2 cm³/mol. The molecular weight excluding hydrogens is 196 g/mol. The summed E-state index contributed by atoms with van der Waals surface area (Å²) in [6.07, 6.45) is 3.53. The van der Waals surface area contributed by atoms with Crippen LogP contribution in [0.4, 0.5) is 0 Å². The molecule has 0 aliphatic rings. The molecule has 0 aliphatic heterocycles. The van der Waals surface area contributed by atoms with Crippen molar-refractivity contribution in [3.8, 4) is 11.1 Å². The number of aryl methyl sites for hydroxylation is 1. The largest absolute Gasteiger partial charge is 0.265 e. The van der Waals surface area contributed by atoms with Gasteiger partial charge in [0.2, 0.25) is 0 Å². The Bertz CT molecular complexity index is 440. The number of hydrogen-bond donors (Lipinski definition) is 0. The topological polar surface area (TPSA) is 25.8 Å². The third-order valence-corrected chi connectivity index (χ3v) is 2.25. The maximum atomic E-state index is 5.78. The van der Waals surface area contributed by atoms with Crippen molar-refractivity contribution < 1.29 is 0 Å². The van der Waals surface area contributed by atoms with E-state index >= 15 is 0 Å². The Morgan fingerprint density at radius 1 is 1.07 bits per heavy atom. The van der Waals surface area contributed by atoms with Crippen molar-refractivity contribution in [2.24, 2.45) is 0 Å². The normalized spacial score (nSPS) is 10.1. The zero-order valence-electron chi connectivity index (χ0n) is 7.74. The van der Waals surface area contributed by atoms with Gasteiger partial charge in [0.05, 0.1) is 0 Å². The molecule has 0 spiro atoms. The van der Waals surface area contributed by atoms with Gasteiger partial charge in [-0.2, -0.15) is 0 Å². The average molecular weight is 205 g/mol. The van der Waals surface area contributed by atoms with E-state index in [1.54, 1.807) is 18.5 Å². The molecule has 2 aromatic heterocycles. The first kappa shape index (κ1) is 9.16. The van der Waals surface area contributed by atoms with Crippen LogP contribution in [-0.4, -0.2) is 9.97 Å². The Kier molecular flexibility index (Phi) is 2.46. The van der Waals surface area contributed by atoms with Crippen LogP contribution < -0.4 is 0 Å². The molecule has 14 heavy (non-hydrogen) atoms. The van der Waals surface area contributed by atoms with Crippen molar-refractivity contribution >= 4 is 11.6 Å². The molecule has 0 bridgehead atoms. The van der Waals surface area contributed by atoms with Crippen LogP contribution >= 0.6 is 11.6 Å². The van der Waals surface area contributed by atoms with Crippen molar-refractivity contribution in [1.82, 2.24) is 9.97 Å². The van der Waals surface area contributed by atoms with Crippen LogP contribution in [0, 0.1) is 6.92 Å². The maximum Gasteiger partial charge on any atom is 0.129 e. The van der Waals surface area contributed by atoms with Crippen LogP contribution in [0.25, 0.3) is 11.1 Å². The number of hydrogen-bond acceptors (Lipinski definition) is 2. The standard InChI is InChI=1S/C11H9ClN2/c1-8-10(2-3-11(12)14-8)9-4-6-13-7-5-9/h2-7H,1H3. The summed E-state index contributed by atoms with van der Waals surface area (Å²) >= 11 is 5.78. The molecule has 0 saturated carbocycles. The molecule has 0 aliphatic carbocycles. The molecular formula is C11H9ClN2. The third-order valence-electron chi connectivity index (χ3n) is 2.04. The van der Waals surface area contributed by atoms with E-state index in [-0.39, 0.29) is 0 Å². The third kappa shape index (κ3) is 1.75. The quantitative estimate of drug-likeness (QED) is 0.667. The van der Waals surface area contributed by atoms with E-state index in [0.29, 0.717) is 5.15 Å². The van der Waals surface area contributed by atoms with Crippen molar-refractivity contribution in [2.75, 3.05) is 0 Å². The summed E-state index contributed by atoms with van der Waals surface area (Å²) in [6, 6.07) is 7.68. The highest BCUT2D eigenvalue weighted by atomic mass is 35.5. The van der Waals surface area contributed by atoms with Gasteiger partial charge in [0.1, 0.15) is 5.15 Å². The minimum Gasteiger partial charge on any atom is -0.265 e. The van der Waals surface area contributed by atoms with Gasteiger partial charge in [0.15, 0.2) is 0 Å². The lowest BCUT2D eigenvalue weighted by Gasteiger charge is -2.04. The Morgan fingerprint density at radius 2 is 1.79 bits per heavy atom. The van der Waals surface area contributed by atoms with Gasteiger partial charge in [-0.05, 0) is 36.8 Å². The second kappa shape index (κ2) is 3.76. The van der Waals surface area contributed by atoms with E-state index in [9.17, 15) is 0 Å². The molecule has 0 fully saturated rings. The zero-order valence-corrected chi connectivity index (χ0v) is 8.49. The summed E-state index contributed by atoms with van der Waals surface area (Å²) in [4.78, 5) is 8.17. The summed E-state index contributed by atoms with van der Waals surface area (Å²) in [5.41, 5.74) is 3.14. The van der Waals surface area contributed by atoms with E-state index in [4.69, 9.17) is 11.6 Å². The highest BCUT2D eigenvalue weighted by Gasteiger charge is 2.02. The van der Waals surface area contributed by atoms with Crippen LogP contribution in [0.15, 0.2) is 36.7 Å². The number of rotatable bonds is 1. The first-order chi connectivity index (χ1) is 6.77. The summed E-state index contributed by atoms with van der Waals surface area (Å²) in [6.45, 7) is 1.95. The fourth-order valence-electron chi connectivity index (χ4n) is 1.37. The highest BCUT2D eigenvalue weighted by molar-refractivity contribution is 6.29. The molecule has 2 rings (SSSR count). The minimum atomic E-state index is 0.528. The Hall–Kier alpha value is -1.41. The fourth-order valence-corrected chi connectivity index (χ4v) is 1.56. The van der Waals surface area contributed by atoms with Gasteiger partial charge < -0.3 is 0 Å². The SMILES string of the molecule is Cc1nc(Cl)ccc1-c1ccncc1. The van der Waals surface area contributed by atoms with E-state index in [1.807, 2.05) is 25.1 Å². The highest BCUT2D eigenvalue weighted by Crippen LogP contribution is 2.22. The molecule has 0 atom stereocenters. The molecule has 3 heteroatoms. The summed E-state index contributed by atoms with van der Waals surface area (Å²) in [7, 11) is 0. The molecule has 0 aromatic carbocycles. The van der Waals surface area contributed by atoms with Gasteiger partial charge in [-0.15, -0.1) is 0 Å². The van der Waals surface area contributed by atoms with E-state index in [1.165, 1.54) is 0 Å². The first-order valence-electron chi connectivity index (χ1n) is 4.31. The smallest absolute Gasteiger partial charge is 0.129 e. The second-order valence-corrected chi connectivity index (χ2v) is 3.39. The minimum absolute atomic E-state index is 0.528. The second-order valence-electron chi connectivity index (χ2n) is 3.00. The number of halogens is 1. The molecule has 2 heterocycles. The van der Waals surface area contributed by atoms with E-state index < -0.39 is 0 Å². The number of pyridine rings is 2. The van der Waals surface area contributed by atoms with Crippen LogP contribution in [0.5, 0.6) is 0 Å². The first-order valence-corrected chi connectivity index (χ1v) is 4.69. The van der Waals surface area contributed by atoms with Gasteiger partial charge in [-0.25, -0.2) is 4.98 Å². The van der Waals surface area contributed by atoms with Crippen molar-refractivity contribution in [3.63, 3.8) is 0 Å². The van der Waals surface area contributed by atoms with Gasteiger partial charge in [0.25, 0.3) is 0 Å². The number of aromatic nitrogens is 2. The van der Waals surface area contributed by atoms with Crippen LogP contribution in [0.2, 0.25) is 5.15 Å². The molecule has 0 radical (unpaired) electrons. The Balaban J connectivity index is 2.53. The molecule has 2 aromatic rings. The van der Waals surface area contributed by atoms with Gasteiger partial charge >= 0.3 is 0 Å². The summed E-state index contributed by atoms with van der Waals surface area (Å²) < 4.78 is 0. The van der Waals surface area contributed by atoms with Crippen molar-refractivity contribution in [1.29, 1.82) is 0 Å². The van der Waals surface area contributed by atoms with Crippen LogP contribution in [-0.2, 0) is 0 Å². The van der Waals surface area contributed by atoms with Gasteiger partial charge in [-0.3, -0.25) is 4.98 Å². The Morgan fingerprint density at radius 3 is 2.43 bits per heavy atom. The lowest BCUT2D eigenvalue weighted by molar-refractivity contribution is 1.20.